The van der Waals surface area contributed by atoms with Crippen molar-refractivity contribution in [1.29, 1.82) is 0 Å². The molecule has 8 nitrogen and oxygen atoms in total. The van der Waals surface area contributed by atoms with E-state index in [0.29, 0.717) is 17.1 Å². The van der Waals surface area contributed by atoms with Gasteiger partial charge in [0.25, 0.3) is 5.91 Å². The Bertz CT molecular complexity index is 1010. The summed E-state index contributed by atoms with van der Waals surface area (Å²) in [6, 6.07) is 11.3. The van der Waals surface area contributed by atoms with Crippen LogP contribution >= 0.6 is 0 Å². The highest BCUT2D eigenvalue weighted by molar-refractivity contribution is 5.82. The average molecular weight is 412 g/mol. The van der Waals surface area contributed by atoms with Crippen molar-refractivity contribution in [2.24, 2.45) is 0 Å². The summed E-state index contributed by atoms with van der Waals surface area (Å²) in [6.45, 7) is 3.65. The number of hydrogen-bond acceptors (Lipinski definition) is 6. The number of ether oxygens (including phenoxy) is 1. The molecule has 1 aromatic heterocycles. The largest absolute Gasteiger partial charge is 0.484 e. The molecule has 0 bridgehead atoms. The van der Waals surface area contributed by atoms with Crippen LogP contribution in [-0.2, 0) is 16.0 Å². The highest BCUT2D eigenvalue weighted by Gasteiger charge is 2.12. The molecule has 2 aromatic carbocycles. The Morgan fingerprint density at radius 1 is 1.03 bits per heavy atom. The maximum atomic E-state index is 13.0. The summed E-state index contributed by atoms with van der Waals surface area (Å²) in [5.41, 5.74) is 7.26. The minimum Gasteiger partial charge on any atom is -0.484 e. The van der Waals surface area contributed by atoms with Gasteiger partial charge in [0, 0.05) is 18.4 Å². The molecule has 9 heteroatoms. The first kappa shape index (κ1) is 21.0. The third kappa shape index (κ3) is 6.13. The van der Waals surface area contributed by atoms with Gasteiger partial charge >= 0.3 is 0 Å². The summed E-state index contributed by atoms with van der Waals surface area (Å²) >= 11 is 0. The van der Waals surface area contributed by atoms with Gasteiger partial charge in [0.15, 0.2) is 6.61 Å². The molecule has 3 rings (SSSR count). The number of amides is 2. The highest BCUT2D eigenvalue weighted by atomic mass is 19.1. The number of rotatable bonds is 7. The Hall–Kier alpha value is -3.75. The SMILES string of the molecule is Cc1cc(C)cc(OCC(=O)NNC(=O)CCc2nc(-c3ccc(F)cc3)no2)c1. The molecule has 2 N–H and O–H groups in total. The minimum absolute atomic E-state index is 0.0310. The minimum atomic E-state index is -0.487. The zero-order valence-corrected chi connectivity index (χ0v) is 16.6. The van der Waals surface area contributed by atoms with Crippen LogP contribution in [-0.4, -0.2) is 28.6 Å². The third-order valence-corrected chi connectivity index (χ3v) is 4.04. The number of halogens is 1. The van der Waals surface area contributed by atoms with E-state index in [9.17, 15) is 14.0 Å². The maximum absolute atomic E-state index is 13.0. The second-order valence-electron chi connectivity index (χ2n) is 6.73. The van der Waals surface area contributed by atoms with Crippen molar-refractivity contribution in [3.8, 4) is 17.1 Å². The molecule has 0 aliphatic carbocycles. The number of nitrogens with zero attached hydrogens (tertiary/aromatic N) is 2. The molecule has 1 heterocycles. The smallest absolute Gasteiger partial charge is 0.276 e. The van der Waals surface area contributed by atoms with Gasteiger partial charge in [0.1, 0.15) is 11.6 Å². The van der Waals surface area contributed by atoms with Gasteiger partial charge in [-0.2, -0.15) is 4.98 Å². The lowest BCUT2D eigenvalue weighted by atomic mass is 10.1. The number of carbonyl (C=O) groups is 2. The molecule has 0 saturated carbocycles. The molecule has 0 spiro atoms. The second-order valence-corrected chi connectivity index (χ2v) is 6.73. The van der Waals surface area contributed by atoms with Gasteiger partial charge in [-0.15, -0.1) is 0 Å². The Morgan fingerprint density at radius 2 is 1.70 bits per heavy atom. The standard InChI is InChI=1S/C21H21FN4O4/c1-13-9-14(2)11-17(10-13)29-12-19(28)25-24-18(27)7-8-20-23-21(26-30-20)15-3-5-16(22)6-4-15/h3-6,9-11H,7-8,12H2,1-2H3,(H,24,27)(H,25,28). The molecule has 30 heavy (non-hydrogen) atoms. The Balaban J connectivity index is 1.39. The van der Waals surface area contributed by atoms with Gasteiger partial charge in [0.05, 0.1) is 0 Å². The normalized spacial score (nSPS) is 10.5. The number of carbonyl (C=O) groups excluding carboxylic acids is 2. The fraction of sp³-hybridized carbons (Fsp3) is 0.238. The molecule has 0 fully saturated rings. The van der Waals surface area contributed by atoms with E-state index < -0.39 is 11.8 Å². The van der Waals surface area contributed by atoms with Gasteiger partial charge in [-0.3, -0.25) is 20.4 Å². The zero-order valence-electron chi connectivity index (χ0n) is 16.6. The summed E-state index contributed by atoms with van der Waals surface area (Å²) in [7, 11) is 0. The van der Waals surface area contributed by atoms with Crippen molar-refractivity contribution in [2.75, 3.05) is 6.61 Å². The Kier molecular flexibility index (Phi) is 6.74. The molecule has 0 unspecified atom stereocenters. The fourth-order valence-corrected chi connectivity index (χ4v) is 2.70. The lowest BCUT2D eigenvalue weighted by molar-refractivity contribution is -0.130. The molecule has 0 aliphatic heterocycles. The summed E-state index contributed by atoms with van der Waals surface area (Å²) in [6.07, 6.45) is 0.220. The fourth-order valence-electron chi connectivity index (χ4n) is 2.70. The van der Waals surface area contributed by atoms with Gasteiger partial charge in [0.2, 0.25) is 17.6 Å². The lowest BCUT2D eigenvalue weighted by Gasteiger charge is -2.09. The monoisotopic (exact) mass is 412 g/mol. The van der Waals surface area contributed by atoms with Crippen LogP contribution in [0.4, 0.5) is 4.39 Å². The zero-order chi connectivity index (χ0) is 21.5. The predicted molar refractivity (Wildman–Crippen MR) is 106 cm³/mol. The van der Waals surface area contributed by atoms with E-state index >= 15 is 0 Å². The van der Waals surface area contributed by atoms with Crippen LogP contribution < -0.4 is 15.6 Å². The van der Waals surface area contributed by atoms with Crippen molar-refractivity contribution in [1.82, 2.24) is 21.0 Å². The molecular formula is C21H21FN4O4. The first-order chi connectivity index (χ1) is 14.4. The Labute approximate surface area is 172 Å². The topological polar surface area (TPSA) is 106 Å². The highest BCUT2D eigenvalue weighted by Crippen LogP contribution is 2.17. The average Bonchev–Trinajstić information content (AvgIpc) is 3.18. The van der Waals surface area contributed by atoms with Crippen molar-refractivity contribution in [2.45, 2.75) is 26.7 Å². The number of hydrazine groups is 1. The first-order valence-electron chi connectivity index (χ1n) is 9.26. The van der Waals surface area contributed by atoms with E-state index in [0.717, 1.165) is 11.1 Å². The van der Waals surface area contributed by atoms with E-state index in [1.165, 1.54) is 24.3 Å². The van der Waals surface area contributed by atoms with Crippen LogP contribution in [0.1, 0.15) is 23.4 Å². The molecule has 0 radical (unpaired) electrons. The summed E-state index contributed by atoms with van der Waals surface area (Å²) in [5.74, 6) is -0.116. The number of nitrogens with one attached hydrogen (secondary N) is 2. The molecule has 0 aliphatic rings. The molecule has 0 atom stereocenters. The first-order valence-corrected chi connectivity index (χ1v) is 9.26. The molecular weight excluding hydrogens is 391 g/mol. The third-order valence-electron chi connectivity index (χ3n) is 4.04. The van der Waals surface area contributed by atoms with Gasteiger partial charge in [-0.1, -0.05) is 11.2 Å². The van der Waals surface area contributed by atoms with E-state index in [2.05, 4.69) is 21.0 Å². The molecule has 3 aromatic rings. The van der Waals surface area contributed by atoms with Crippen LogP contribution in [0.2, 0.25) is 0 Å². The number of hydrogen-bond donors (Lipinski definition) is 2. The van der Waals surface area contributed by atoms with Crippen LogP contribution in [0.3, 0.4) is 0 Å². The van der Waals surface area contributed by atoms with Gasteiger partial charge < -0.3 is 9.26 Å². The summed E-state index contributed by atoms with van der Waals surface area (Å²) in [4.78, 5) is 27.9. The molecule has 0 saturated heterocycles. The van der Waals surface area contributed by atoms with E-state index in [1.54, 1.807) is 0 Å². The van der Waals surface area contributed by atoms with E-state index in [4.69, 9.17) is 9.26 Å². The maximum Gasteiger partial charge on any atom is 0.276 e. The van der Waals surface area contributed by atoms with Crippen LogP contribution in [0.25, 0.3) is 11.4 Å². The summed E-state index contributed by atoms with van der Waals surface area (Å²) in [5, 5.41) is 3.81. The Morgan fingerprint density at radius 3 is 2.40 bits per heavy atom. The van der Waals surface area contributed by atoms with Crippen LogP contribution in [0.15, 0.2) is 47.0 Å². The van der Waals surface area contributed by atoms with E-state index in [-0.39, 0.29) is 31.2 Å². The number of aryl methyl sites for hydroxylation is 3. The van der Waals surface area contributed by atoms with Crippen molar-refractivity contribution >= 4 is 11.8 Å². The summed E-state index contributed by atoms with van der Waals surface area (Å²) < 4.78 is 23.5. The van der Waals surface area contributed by atoms with Gasteiger partial charge in [-0.05, 0) is 61.4 Å². The molecule has 156 valence electrons. The van der Waals surface area contributed by atoms with Crippen molar-refractivity contribution in [3.05, 3.63) is 65.3 Å². The molecule has 2 amide bonds. The predicted octanol–water partition coefficient (Wildman–Crippen LogP) is 2.65. The van der Waals surface area contributed by atoms with Crippen LogP contribution in [0, 0.1) is 19.7 Å². The number of benzene rings is 2. The van der Waals surface area contributed by atoms with Crippen molar-refractivity contribution < 1.29 is 23.2 Å². The van der Waals surface area contributed by atoms with Gasteiger partial charge in [-0.25, -0.2) is 4.39 Å². The van der Waals surface area contributed by atoms with E-state index in [1.807, 2.05) is 32.0 Å². The van der Waals surface area contributed by atoms with Crippen molar-refractivity contribution in [3.63, 3.8) is 0 Å². The van der Waals surface area contributed by atoms with Crippen LogP contribution in [0.5, 0.6) is 5.75 Å². The number of aromatic nitrogens is 2. The lowest BCUT2D eigenvalue weighted by Crippen LogP contribution is -2.43. The quantitative estimate of drug-likeness (QED) is 0.578. The second kappa shape index (κ2) is 9.64.